The van der Waals surface area contributed by atoms with Crippen molar-refractivity contribution in [3.8, 4) is 11.4 Å². The first-order valence-electron chi connectivity index (χ1n) is 8.35. The number of amides is 1. The minimum absolute atomic E-state index is 0.219. The molecule has 0 atom stereocenters. The molecule has 6 heteroatoms. The van der Waals surface area contributed by atoms with Crippen LogP contribution in [-0.2, 0) is 4.74 Å². The van der Waals surface area contributed by atoms with Gasteiger partial charge in [-0.1, -0.05) is 0 Å². The maximum atomic E-state index is 12.1. The average molecular weight is 328 g/mol. The van der Waals surface area contributed by atoms with Crippen molar-refractivity contribution in [2.24, 2.45) is 0 Å². The predicted octanol–water partition coefficient (Wildman–Crippen LogP) is 3.59. The molecule has 1 saturated heterocycles. The van der Waals surface area contributed by atoms with Gasteiger partial charge in [-0.05, 0) is 45.7 Å². The third-order valence-electron chi connectivity index (χ3n) is 4.14. The number of ether oxygens (including phenoxy) is 1. The third-order valence-corrected chi connectivity index (χ3v) is 4.14. The largest absolute Gasteiger partial charge is 0.444 e. The van der Waals surface area contributed by atoms with Crippen molar-refractivity contribution in [1.82, 2.24) is 19.9 Å². The molecule has 2 aromatic rings. The number of pyridine rings is 1. The zero-order chi connectivity index (χ0) is 17.2. The van der Waals surface area contributed by atoms with Crippen LogP contribution in [0.3, 0.4) is 0 Å². The molecule has 1 amide bonds. The molecule has 3 heterocycles. The normalized spacial score (nSPS) is 16.2. The molecule has 0 spiro atoms. The summed E-state index contributed by atoms with van der Waals surface area (Å²) in [7, 11) is 0. The average Bonchev–Trinajstić information content (AvgIpc) is 3.04. The minimum atomic E-state index is -0.448. The number of likely N-dealkylation sites (tertiary alicyclic amines) is 1. The summed E-state index contributed by atoms with van der Waals surface area (Å²) in [5, 5.41) is 0. The van der Waals surface area contributed by atoms with Crippen molar-refractivity contribution in [2.75, 3.05) is 13.1 Å². The molecule has 0 aliphatic carbocycles. The van der Waals surface area contributed by atoms with Crippen LogP contribution < -0.4 is 0 Å². The van der Waals surface area contributed by atoms with E-state index in [1.807, 2.05) is 39.1 Å². The van der Waals surface area contributed by atoms with Gasteiger partial charge in [0.15, 0.2) is 0 Å². The van der Waals surface area contributed by atoms with Gasteiger partial charge in [-0.15, -0.1) is 0 Å². The van der Waals surface area contributed by atoms with Gasteiger partial charge in [-0.25, -0.2) is 9.78 Å². The van der Waals surface area contributed by atoms with Crippen molar-refractivity contribution in [3.05, 3.63) is 36.4 Å². The first kappa shape index (κ1) is 16.5. The number of nitrogens with one attached hydrogen (secondary N) is 1. The van der Waals surface area contributed by atoms with Crippen molar-refractivity contribution >= 4 is 6.09 Å². The lowest BCUT2D eigenvalue weighted by molar-refractivity contribution is 0.0204. The summed E-state index contributed by atoms with van der Waals surface area (Å²) in [5.74, 6) is 1.26. The number of carbonyl (C=O) groups is 1. The van der Waals surface area contributed by atoms with Crippen LogP contribution in [0.2, 0.25) is 0 Å². The summed E-state index contributed by atoms with van der Waals surface area (Å²) >= 11 is 0. The Balaban J connectivity index is 1.59. The molecule has 0 radical (unpaired) electrons. The SMILES string of the molecule is CC(C)(C)OC(=O)N1CCC(c2cnc(-c3ccncc3)[nH]2)CC1. The lowest BCUT2D eigenvalue weighted by Gasteiger charge is -2.33. The Kier molecular flexibility index (Phi) is 4.55. The Bertz CT molecular complexity index is 683. The van der Waals surface area contributed by atoms with E-state index in [0.29, 0.717) is 19.0 Å². The number of nitrogens with zero attached hydrogens (tertiary/aromatic N) is 3. The number of imidazole rings is 1. The molecule has 1 fully saturated rings. The molecular formula is C18H24N4O2. The van der Waals surface area contributed by atoms with Crippen molar-refractivity contribution in [2.45, 2.75) is 45.1 Å². The number of rotatable bonds is 2. The Hall–Kier alpha value is -2.37. The number of hydrogen-bond acceptors (Lipinski definition) is 4. The molecule has 0 aromatic carbocycles. The van der Waals surface area contributed by atoms with Gasteiger partial charge in [0, 0.05) is 48.9 Å². The molecule has 0 saturated carbocycles. The number of aromatic amines is 1. The quantitative estimate of drug-likeness (QED) is 0.914. The van der Waals surface area contributed by atoms with Gasteiger partial charge in [0.1, 0.15) is 11.4 Å². The van der Waals surface area contributed by atoms with Crippen LogP contribution >= 0.6 is 0 Å². The molecule has 3 rings (SSSR count). The fourth-order valence-electron chi connectivity index (χ4n) is 2.90. The standard InChI is InChI=1S/C18H24N4O2/c1-18(2,3)24-17(23)22-10-6-13(7-11-22)15-12-20-16(21-15)14-4-8-19-9-5-14/h4-5,8-9,12-13H,6-7,10-11H2,1-3H3,(H,20,21). The molecule has 0 unspecified atom stereocenters. The summed E-state index contributed by atoms with van der Waals surface area (Å²) < 4.78 is 5.44. The van der Waals surface area contributed by atoms with Gasteiger partial charge >= 0.3 is 6.09 Å². The van der Waals surface area contributed by atoms with Gasteiger partial charge in [-0.3, -0.25) is 4.98 Å². The smallest absolute Gasteiger partial charge is 0.410 e. The van der Waals surface area contributed by atoms with Crippen LogP contribution in [0, 0.1) is 0 Å². The highest BCUT2D eigenvalue weighted by atomic mass is 16.6. The second kappa shape index (κ2) is 6.63. The number of carbonyl (C=O) groups excluding carboxylic acids is 1. The molecule has 6 nitrogen and oxygen atoms in total. The maximum absolute atomic E-state index is 12.1. The van der Waals surface area contributed by atoms with E-state index in [1.54, 1.807) is 17.3 Å². The van der Waals surface area contributed by atoms with Gasteiger partial charge in [0.25, 0.3) is 0 Å². The highest BCUT2D eigenvalue weighted by Gasteiger charge is 2.28. The summed E-state index contributed by atoms with van der Waals surface area (Å²) in [6.45, 7) is 7.10. The zero-order valence-electron chi connectivity index (χ0n) is 14.5. The number of H-pyrrole nitrogens is 1. The van der Waals surface area contributed by atoms with E-state index in [2.05, 4.69) is 15.0 Å². The molecule has 128 valence electrons. The second-order valence-electron chi connectivity index (χ2n) is 7.16. The third kappa shape index (κ3) is 3.93. The maximum Gasteiger partial charge on any atom is 0.410 e. The van der Waals surface area contributed by atoms with Crippen molar-refractivity contribution in [1.29, 1.82) is 0 Å². The van der Waals surface area contributed by atoms with E-state index in [-0.39, 0.29) is 6.09 Å². The number of hydrogen-bond donors (Lipinski definition) is 1. The minimum Gasteiger partial charge on any atom is -0.444 e. The van der Waals surface area contributed by atoms with E-state index in [0.717, 1.165) is 29.9 Å². The summed E-state index contributed by atoms with van der Waals surface area (Å²) in [6.07, 6.45) is 7.04. The number of piperidine rings is 1. The van der Waals surface area contributed by atoms with Gasteiger partial charge < -0.3 is 14.6 Å². The van der Waals surface area contributed by atoms with E-state index in [1.165, 1.54) is 0 Å². The monoisotopic (exact) mass is 328 g/mol. The molecule has 2 aromatic heterocycles. The highest BCUT2D eigenvalue weighted by Crippen LogP contribution is 2.29. The molecule has 1 aliphatic rings. The molecular weight excluding hydrogens is 304 g/mol. The van der Waals surface area contributed by atoms with Crippen molar-refractivity contribution in [3.63, 3.8) is 0 Å². The van der Waals surface area contributed by atoms with Gasteiger partial charge in [0.2, 0.25) is 0 Å². The van der Waals surface area contributed by atoms with Crippen molar-refractivity contribution < 1.29 is 9.53 Å². The highest BCUT2D eigenvalue weighted by molar-refractivity contribution is 5.68. The topological polar surface area (TPSA) is 71.1 Å². The first-order chi connectivity index (χ1) is 11.4. The number of aromatic nitrogens is 3. The van der Waals surface area contributed by atoms with E-state index >= 15 is 0 Å². The molecule has 1 aliphatic heterocycles. The molecule has 24 heavy (non-hydrogen) atoms. The van der Waals surface area contributed by atoms with E-state index in [9.17, 15) is 4.79 Å². The van der Waals surface area contributed by atoms with Gasteiger partial charge in [0.05, 0.1) is 0 Å². The second-order valence-corrected chi connectivity index (χ2v) is 7.16. The van der Waals surface area contributed by atoms with Crippen LogP contribution in [0.15, 0.2) is 30.7 Å². The van der Waals surface area contributed by atoms with E-state index < -0.39 is 5.60 Å². The van der Waals surface area contributed by atoms with Crippen LogP contribution in [-0.4, -0.2) is 44.6 Å². The Morgan fingerprint density at radius 2 is 1.92 bits per heavy atom. The molecule has 0 bridgehead atoms. The summed E-state index contributed by atoms with van der Waals surface area (Å²) in [4.78, 5) is 25.8. The molecule has 1 N–H and O–H groups in total. The summed E-state index contributed by atoms with van der Waals surface area (Å²) in [6, 6.07) is 3.88. The van der Waals surface area contributed by atoms with Crippen LogP contribution in [0.25, 0.3) is 11.4 Å². The van der Waals surface area contributed by atoms with Crippen LogP contribution in [0.5, 0.6) is 0 Å². The van der Waals surface area contributed by atoms with Crippen LogP contribution in [0.4, 0.5) is 4.79 Å². The fraction of sp³-hybridized carbons (Fsp3) is 0.500. The van der Waals surface area contributed by atoms with E-state index in [4.69, 9.17) is 4.74 Å². The van der Waals surface area contributed by atoms with Gasteiger partial charge in [-0.2, -0.15) is 0 Å². The lowest BCUT2D eigenvalue weighted by atomic mass is 9.94. The Morgan fingerprint density at radius 3 is 2.54 bits per heavy atom. The lowest BCUT2D eigenvalue weighted by Crippen LogP contribution is -2.41. The zero-order valence-corrected chi connectivity index (χ0v) is 14.5. The van der Waals surface area contributed by atoms with Crippen LogP contribution in [0.1, 0.15) is 45.2 Å². The fourth-order valence-corrected chi connectivity index (χ4v) is 2.90. The Labute approximate surface area is 142 Å². The summed E-state index contributed by atoms with van der Waals surface area (Å²) in [5.41, 5.74) is 1.71. The first-order valence-corrected chi connectivity index (χ1v) is 8.35. The Morgan fingerprint density at radius 1 is 1.25 bits per heavy atom. The predicted molar refractivity (Wildman–Crippen MR) is 91.6 cm³/mol.